The number of rotatable bonds is 4. The number of carbonyl (C=O) groups excluding carboxylic acids is 1. The van der Waals surface area contributed by atoms with Gasteiger partial charge >= 0.3 is 5.69 Å². The number of methoxy groups -OCH3 is 1. The van der Waals surface area contributed by atoms with Crippen molar-refractivity contribution in [2.24, 2.45) is 7.05 Å². The van der Waals surface area contributed by atoms with Gasteiger partial charge in [0, 0.05) is 7.05 Å². The zero-order chi connectivity index (χ0) is 17.3. The number of nitrogens with zero attached hydrogens (tertiary/aromatic N) is 2. The quantitative estimate of drug-likeness (QED) is 0.775. The zero-order valence-electron chi connectivity index (χ0n) is 13.1. The lowest BCUT2D eigenvalue weighted by atomic mass is 10.3. The van der Waals surface area contributed by atoms with Gasteiger partial charge in [0.15, 0.2) is 0 Å². The van der Waals surface area contributed by atoms with Gasteiger partial charge in [0.25, 0.3) is 5.56 Å². The Hall–Kier alpha value is -2.87. The molecule has 0 saturated heterocycles. The van der Waals surface area contributed by atoms with Crippen LogP contribution in [-0.2, 0) is 18.4 Å². The topological polar surface area (TPSA) is 82.3 Å². The fourth-order valence-electron chi connectivity index (χ4n) is 2.43. The summed E-state index contributed by atoms with van der Waals surface area (Å²) in [5.41, 5.74) is 0.0974. The van der Waals surface area contributed by atoms with E-state index in [1.807, 2.05) is 0 Å². The molecule has 3 rings (SSSR count). The number of amides is 1. The molecule has 124 valence electrons. The molecule has 0 radical (unpaired) electrons. The first-order valence-electron chi connectivity index (χ1n) is 7.13. The van der Waals surface area contributed by atoms with Gasteiger partial charge in [0.05, 0.1) is 18.3 Å². The van der Waals surface area contributed by atoms with Gasteiger partial charge in [-0.1, -0.05) is 12.1 Å². The summed E-state index contributed by atoms with van der Waals surface area (Å²) in [4.78, 5) is 36.8. The molecular formula is C16H15N3O4S. The highest BCUT2D eigenvalue weighted by atomic mass is 32.1. The summed E-state index contributed by atoms with van der Waals surface area (Å²) in [6.45, 7) is -0.196. The van der Waals surface area contributed by atoms with Crippen LogP contribution in [0.1, 0.15) is 0 Å². The minimum atomic E-state index is -0.527. The van der Waals surface area contributed by atoms with Gasteiger partial charge in [-0.3, -0.25) is 18.7 Å². The van der Waals surface area contributed by atoms with Gasteiger partial charge in [-0.25, -0.2) is 4.79 Å². The second-order valence-electron chi connectivity index (χ2n) is 5.12. The molecule has 0 unspecified atom stereocenters. The Morgan fingerprint density at radius 2 is 2.00 bits per heavy atom. The molecule has 2 aromatic heterocycles. The van der Waals surface area contributed by atoms with E-state index >= 15 is 0 Å². The summed E-state index contributed by atoms with van der Waals surface area (Å²) in [5, 5.41) is 4.44. The summed E-state index contributed by atoms with van der Waals surface area (Å²) >= 11 is 1.24. The Bertz CT molecular complexity index is 1030. The molecule has 1 amide bonds. The van der Waals surface area contributed by atoms with Crippen molar-refractivity contribution in [3.05, 3.63) is 56.5 Å². The van der Waals surface area contributed by atoms with Crippen LogP contribution in [0.15, 0.2) is 45.3 Å². The van der Waals surface area contributed by atoms with E-state index in [0.717, 1.165) is 4.57 Å². The third kappa shape index (κ3) is 2.71. The van der Waals surface area contributed by atoms with E-state index in [1.165, 1.54) is 30.1 Å². The molecule has 0 bridgehead atoms. The molecule has 3 aromatic rings. The molecular weight excluding hydrogens is 330 g/mol. The number of hydrogen-bond acceptors (Lipinski definition) is 5. The molecule has 0 fully saturated rings. The van der Waals surface area contributed by atoms with Crippen LogP contribution in [0.2, 0.25) is 0 Å². The minimum Gasteiger partial charge on any atom is -0.495 e. The number of ether oxygens (including phenoxy) is 1. The van der Waals surface area contributed by atoms with E-state index in [0.29, 0.717) is 21.7 Å². The maximum atomic E-state index is 12.4. The fraction of sp³-hybridized carbons (Fsp3) is 0.188. The highest BCUT2D eigenvalue weighted by Gasteiger charge is 2.15. The number of nitrogens with one attached hydrogen (secondary N) is 1. The average molecular weight is 345 g/mol. The van der Waals surface area contributed by atoms with Crippen LogP contribution in [0.3, 0.4) is 0 Å². The smallest absolute Gasteiger partial charge is 0.331 e. The van der Waals surface area contributed by atoms with Gasteiger partial charge in [0.1, 0.15) is 17.0 Å². The molecule has 1 aromatic carbocycles. The first-order valence-corrected chi connectivity index (χ1v) is 8.01. The summed E-state index contributed by atoms with van der Waals surface area (Å²) in [6.07, 6.45) is 0. The van der Waals surface area contributed by atoms with Crippen LogP contribution in [0.5, 0.6) is 5.75 Å². The van der Waals surface area contributed by atoms with Gasteiger partial charge < -0.3 is 10.1 Å². The predicted octanol–water partition coefficient (Wildman–Crippen LogP) is 1.41. The highest BCUT2D eigenvalue weighted by Crippen LogP contribution is 2.23. The molecule has 0 aliphatic heterocycles. The molecule has 0 aliphatic rings. The number of fused-ring (bicyclic) bond motifs is 1. The van der Waals surface area contributed by atoms with Crippen LogP contribution in [0, 0.1) is 0 Å². The average Bonchev–Trinajstić information content (AvgIpc) is 3.07. The van der Waals surface area contributed by atoms with E-state index in [2.05, 4.69) is 5.32 Å². The largest absolute Gasteiger partial charge is 0.495 e. The van der Waals surface area contributed by atoms with Gasteiger partial charge in [-0.2, -0.15) is 0 Å². The lowest BCUT2D eigenvalue weighted by Gasteiger charge is -2.12. The van der Waals surface area contributed by atoms with Gasteiger partial charge in [-0.15, -0.1) is 11.3 Å². The zero-order valence-corrected chi connectivity index (χ0v) is 13.9. The van der Waals surface area contributed by atoms with E-state index < -0.39 is 5.69 Å². The monoisotopic (exact) mass is 345 g/mol. The van der Waals surface area contributed by atoms with Crippen molar-refractivity contribution >= 4 is 33.1 Å². The normalized spacial score (nSPS) is 10.8. The second-order valence-corrected chi connectivity index (χ2v) is 6.03. The number of hydrogen-bond donors (Lipinski definition) is 1. The molecule has 0 aliphatic carbocycles. The predicted molar refractivity (Wildman–Crippen MR) is 92.9 cm³/mol. The van der Waals surface area contributed by atoms with Crippen molar-refractivity contribution in [1.29, 1.82) is 0 Å². The van der Waals surface area contributed by atoms with E-state index in [1.54, 1.807) is 35.7 Å². The van der Waals surface area contributed by atoms with Gasteiger partial charge in [0.2, 0.25) is 5.91 Å². The van der Waals surface area contributed by atoms with E-state index in [4.69, 9.17) is 4.74 Å². The van der Waals surface area contributed by atoms with Crippen molar-refractivity contribution in [1.82, 2.24) is 9.13 Å². The maximum Gasteiger partial charge on any atom is 0.331 e. The fourth-order valence-corrected chi connectivity index (χ4v) is 3.30. The summed E-state index contributed by atoms with van der Waals surface area (Å²) < 4.78 is 7.93. The molecule has 8 heteroatoms. The lowest BCUT2D eigenvalue weighted by Crippen LogP contribution is -2.39. The minimum absolute atomic E-state index is 0.196. The Labute approximate surface area is 140 Å². The molecule has 1 N–H and O–H groups in total. The third-order valence-electron chi connectivity index (χ3n) is 3.63. The Morgan fingerprint density at radius 3 is 2.75 bits per heavy atom. The molecule has 2 heterocycles. The molecule has 0 spiro atoms. The second kappa shape index (κ2) is 6.32. The standard InChI is InChI=1S/C16H15N3O4S/c1-18-15(21)14-11(7-8-24-14)19(16(18)22)9-13(20)17-10-5-3-4-6-12(10)23-2/h3-8H,9H2,1-2H3,(H,17,20). The Kier molecular flexibility index (Phi) is 4.22. The van der Waals surface area contributed by atoms with Crippen LogP contribution >= 0.6 is 11.3 Å². The summed E-state index contributed by atoms with van der Waals surface area (Å²) in [5.74, 6) is 0.145. The maximum absolute atomic E-state index is 12.4. The number of aromatic nitrogens is 2. The van der Waals surface area contributed by atoms with E-state index in [-0.39, 0.29) is 18.0 Å². The SMILES string of the molecule is COc1ccccc1NC(=O)Cn1c(=O)n(C)c(=O)c2sccc21. The molecule has 24 heavy (non-hydrogen) atoms. The number of anilines is 1. The number of benzene rings is 1. The van der Waals surface area contributed by atoms with Crippen molar-refractivity contribution in [3.63, 3.8) is 0 Å². The number of para-hydroxylation sites is 2. The molecule has 0 atom stereocenters. The Balaban J connectivity index is 1.96. The summed E-state index contributed by atoms with van der Waals surface area (Å²) in [7, 11) is 2.91. The van der Waals surface area contributed by atoms with Crippen LogP contribution in [-0.4, -0.2) is 22.2 Å². The Morgan fingerprint density at radius 1 is 1.25 bits per heavy atom. The number of carbonyl (C=O) groups is 1. The molecule has 7 nitrogen and oxygen atoms in total. The van der Waals surface area contributed by atoms with Crippen molar-refractivity contribution in [2.45, 2.75) is 6.54 Å². The number of thiophene rings is 1. The lowest BCUT2D eigenvalue weighted by molar-refractivity contribution is -0.116. The van der Waals surface area contributed by atoms with Crippen molar-refractivity contribution < 1.29 is 9.53 Å². The van der Waals surface area contributed by atoms with Crippen LogP contribution in [0.4, 0.5) is 5.69 Å². The van der Waals surface area contributed by atoms with Crippen molar-refractivity contribution in [3.8, 4) is 5.75 Å². The third-order valence-corrected chi connectivity index (χ3v) is 4.53. The first-order chi connectivity index (χ1) is 11.5. The van der Waals surface area contributed by atoms with Gasteiger partial charge in [-0.05, 0) is 23.6 Å². The summed E-state index contributed by atoms with van der Waals surface area (Å²) in [6, 6.07) is 8.67. The van der Waals surface area contributed by atoms with Crippen LogP contribution in [0.25, 0.3) is 10.2 Å². The highest BCUT2D eigenvalue weighted by molar-refractivity contribution is 7.17. The van der Waals surface area contributed by atoms with Crippen molar-refractivity contribution in [2.75, 3.05) is 12.4 Å². The van der Waals surface area contributed by atoms with E-state index in [9.17, 15) is 14.4 Å². The van der Waals surface area contributed by atoms with Crippen LogP contribution < -0.4 is 21.3 Å². The first kappa shape index (κ1) is 16.0. The molecule has 0 saturated carbocycles.